The smallest absolute Gasteiger partial charge is 0.244 e. The van der Waals surface area contributed by atoms with E-state index in [1.165, 1.54) is 0 Å². The number of hydrogen-bond donors (Lipinski definition) is 1. The summed E-state index contributed by atoms with van der Waals surface area (Å²) in [5.41, 5.74) is 1.99. The molecular formula is C13H12BrN3O2. The lowest BCUT2D eigenvalue weighted by Crippen LogP contribution is -2.18. The molecular weight excluding hydrogens is 310 g/mol. The Morgan fingerprint density at radius 3 is 2.95 bits per heavy atom. The first kappa shape index (κ1) is 13.5. The van der Waals surface area contributed by atoms with Gasteiger partial charge in [-0.2, -0.15) is 0 Å². The molecule has 19 heavy (non-hydrogen) atoms. The van der Waals surface area contributed by atoms with Crippen molar-refractivity contribution >= 4 is 33.8 Å². The van der Waals surface area contributed by atoms with E-state index in [-0.39, 0.29) is 12.5 Å². The van der Waals surface area contributed by atoms with Crippen molar-refractivity contribution < 1.29 is 9.59 Å². The number of rotatable bonds is 4. The second-order valence-electron chi connectivity index (χ2n) is 4.07. The van der Waals surface area contributed by atoms with Gasteiger partial charge in [0, 0.05) is 28.1 Å². The summed E-state index contributed by atoms with van der Waals surface area (Å²) in [6.07, 6.45) is 5.66. The van der Waals surface area contributed by atoms with E-state index in [2.05, 4.69) is 26.2 Å². The molecule has 1 aromatic heterocycles. The van der Waals surface area contributed by atoms with Gasteiger partial charge in [0.15, 0.2) is 0 Å². The maximum atomic E-state index is 11.8. The van der Waals surface area contributed by atoms with E-state index >= 15 is 0 Å². The zero-order valence-electron chi connectivity index (χ0n) is 10.3. The normalized spacial score (nSPS) is 10.2. The van der Waals surface area contributed by atoms with E-state index in [1.807, 2.05) is 6.92 Å². The average molecular weight is 322 g/mol. The van der Waals surface area contributed by atoms with E-state index in [9.17, 15) is 9.59 Å². The average Bonchev–Trinajstić information content (AvgIpc) is 2.86. The monoisotopic (exact) mass is 321 g/mol. The van der Waals surface area contributed by atoms with Crippen molar-refractivity contribution in [1.82, 2.24) is 9.55 Å². The number of carbonyl (C=O) groups excluding carboxylic acids is 2. The highest BCUT2D eigenvalue weighted by molar-refractivity contribution is 9.10. The molecule has 0 atom stereocenters. The largest absolute Gasteiger partial charge is 0.328 e. The quantitative estimate of drug-likeness (QED) is 0.879. The third kappa shape index (κ3) is 3.29. The fraction of sp³-hybridized carbons (Fsp3) is 0.154. The number of imidazole rings is 1. The minimum Gasteiger partial charge on any atom is -0.328 e. The number of halogens is 1. The Hall–Kier alpha value is -1.95. The van der Waals surface area contributed by atoms with E-state index < -0.39 is 0 Å². The van der Waals surface area contributed by atoms with E-state index in [1.54, 1.807) is 35.4 Å². The molecule has 1 aromatic carbocycles. The van der Waals surface area contributed by atoms with Gasteiger partial charge in [-0.15, -0.1) is 0 Å². The third-order valence-electron chi connectivity index (χ3n) is 2.68. The van der Waals surface area contributed by atoms with Crippen molar-refractivity contribution in [2.24, 2.45) is 0 Å². The highest BCUT2D eigenvalue weighted by Gasteiger charge is 2.08. The molecule has 6 heteroatoms. The molecule has 2 rings (SSSR count). The van der Waals surface area contributed by atoms with Crippen LogP contribution in [0.5, 0.6) is 0 Å². The molecule has 0 bridgehead atoms. The SMILES string of the molecule is Cc1c(Br)cc(NC(=O)Cn2ccnc2)cc1C=O. The van der Waals surface area contributed by atoms with Crippen molar-refractivity contribution in [1.29, 1.82) is 0 Å². The van der Waals surface area contributed by atoms with Gasteiger partial charge in [-0.1, -0.05) is 15.9 Å². The first-order valence-electron chi connectivity index (χ1n) is 5.61. The van der Waals surface area contributed by atoms with Crippen LogP contribution < -0.4 is 5.32 Å². The molecule has 0 spiro atoms. The van der Waals surface area contributed by atoms with Crippen LogP contribution in [0.3, 0.4) is 0 Å². The number of benzene rings is 1. The molecule has 0 unspecified atom stereocenters. The fourth-order valence-corrected chi connectivity index (χ4v) is 2.12. The second-order valence-corrected chi connectivity index (χ2v) is 4.93. The number of aldehydes is 1. The van der Waals surface area contributed by atoms with Crippen molar-refractivity contribution in [3.63, 3.8) is 0 Å². The summed E-state index contributed by atoms with van der Waals surface area (Å²) in [5, 5.41) is 2.75. The zero-order valence-corrected chi connectivity index (χ0v) is 11.8. The molecule has 0 aliphatic carbocycles. The lowest BCUT2D eigenvalue weighted by atomic mass is 10.1. The number of aromatic nitrogens is 2. The van der Waals surface area contributed by atoms with Gasteiger partial charge in [-0.3, -0.25) is 9.59 Å². The highest BCUT2D eigenvalue weighted by Crippen LogP contribution is 2.24. The number of nitrogens with zero attached hydrogens (tertiary/aromatic N) is 2. The van der Waals surface area contributed by atoms with Crippen LogP contribution in [0, 0.1) is 6.92 Å². The summed E-state index contributed by atoms with van der Waals surface area (Å²) in [4.78, 5) is 26.6. The van der Waals surface area contributed by atoms with Crippen LogP contribution in [-0.4, -0.2) is 21.7 Å². The first-order chi connectivity index (χ1) is 9.10. The van der Waals surface area contributed by atoms with Gasteiger partial charge in [0.05, 0.1) is 6.33 Å². The molecule has 1 heterocycles. The molecule has 5 nitrogen and oxygen atoms in total. The topological polar surface area (TPSA) is 64.0 Å². The molecule has 1 N–H and O–H groups in total. The number of anilines is 1. The first-order valence-corrected chi connectivity index (χ1v) is 6.40. The lowest BCUT2D eigenvalue weighted by Gasteiger charge is -2.09. The van der Waals surface area contributed by atoms with Gasteiger partial charge in [0.2, 0.25) is 5.91 Å². The molecule has 0 aliphatic heterocycles. The molecule has 0 saturated heterocycles. The Labute approximate surface area is 118 Å². The van der Waals surface area contributed by atoms with Crippen molar-refractivity contribution in [3.05, 3.63) is 46.5 Å². The minimum absolute atomic E-state index is 0.175. The number of nitrogens with one attached hydrogen (secondary N) is 1. The van der Waals surface area contributed by atoms with Gasteiger partial charge in [0.25, 0.3) is 0 Å². The van der Waals surface area contributed by atoms with Gasteiger partial charge < -0.3 is 9.88 Å². The van der Waals surface area contributed by atoms with Gasteiger partial charge in [-0.25, -0.2) is 4.98 Å². The van der Waals surface area contributed by atoms with Crippen LogP contribution in [0.2, 0.25) is 0 Å². The molecule has 0 saturated carbocycles. The number of amides is 1. The lowest BCUT2D eigenvalue weighted by molar-refractivity contribution is -0.116. The predicted molar refractivity (Wildman–Crippen MR) is 75.1 cm³/mol. The van der Waals surface area contributed by atoms with E-state index in [4.69, 9.17) is 0 Å². The fourth-order valence-electron chi connectivity index (χ4n) is 1.64. The molecule has 98 valence electrons. The molecule has 2 aromatic rings. The standard InChI is InChI=1S/C13H12BrN3O2/c1-9-10(7-18)4-11(5-12(9)14)16-13(19)6-17-3-2-15-8-17/h2-5,7-8H,6H2,1H3,(H,16,19). The second kappa shape index (κ2) is 5.79. The molecule has 0 radical (unpaired) electrons. The van der Waals surface area contributed by atoms with E-state index in [0.29, 0.717) is 11.3 Å². The van der Waals surface area contributed by atoms with Gasteiger partial charge >= 0.3 is 0 Å². The van der Waals surface area contributed by atoms with Crippen LogP contribution in [0.15, 0.2) is 35.3 Å². The zero-order chi connectivity index (χ0) is 13.8. The summed E-state index contributed by atoms with van der Waals surface area (Å²) >= 11 is 3.36. The van der Waals surface area contributed by atoms with Gasteiger partial charge in [-0.05, 0) is 24.6 Å². The van der Waals surface area contributed by atoms with Crippen molar-refractivity contribution in [2.45, 2.75) is 13.5 Å². The molecule has 0 aliphatic rings. The number of carbonyl (C=O) groups is 2. The minimum atomic E-state index is -0.175. The van der Waals surface area contributed by atoms with Crippen LogP contribution in [0.4, 0.5) is 5.69 Å². The Kier molecular flexibility index (Phi) is 4.11. The molecule has 1 amide bonds. The van der Waals surface area contributed by atoms with Crippen LogP contribution in [-0.2, 0) is 11.3 Å². The summed E-state index contributed by atoms with van der Waals surface area (Å²) in [7, 11) is 0. The van der Waals surface area contributed by atoms with Crippen LogP contribution in [0.25, 0.3) is 0 Å². The summed E-state index contributed by atoms with van der Waals surface area (Å²) in [6, 6.07) is 3.42. The summed E-state index contributed by atoms with van der Waals surface area (Å²) < 4.78 is 2.45. The predicted octanol–water partition coefficient (Wildman–Crippen LogP) is 2.41. The van der Waals surface area contributed by atoms with Crippen molar-refractivity contribution in [2.75, 3.05) is 5.32 Å². The number of hydrogen-bond acceptors (Lipinski definition) is 3. The maximum absolute atomic E-state index is 11.8. The Bertz CT molecular complexity index is 609. The van der Waals surface area contributed by atoms with Crippen molar-refractivity contribution in [3.8, 4) is 0 Å². The third-order valence-corrected chi connectivity index (χ3v) is 3.50. The highest BCUT2D eigenvalue weighted by atomic mass is 79.9. The summed E-state index contributed by atoms with van der Waals surface area (Å²) in [5.74, 6) is -0.175. The Balaban J connectivity index is 2.13. The van der Waals surface area contributed by atoms with Crippen LogP contribution in [0.1, 0.15) is 15.9 Å². The summed E-state index contributed by atoms with van der Waals surface area (Å²) in [6.45, 7) is 2.02. The van der Waals surface area contributed by atoms with E-state index in [0.717, 1.165) is 16.3 Å². The Morgan fingerprint density at radius 2 is 2.32 bits per heavy atom. The molecule has 0 fully saturated rings. The van der Waals surface area contributed by atoms with Gasteiger partial charge in [0.1, 0.15) is 12.8 Å². The Morgan fingerprint density at radius 1 is 1.53 bits per heavy atom. The van der Waals surface area contributed by atoms with Crippen LogP contribution >= 0.6 is 15.9 Å². The maximum Gasteiger partial charge on any atom is 0.244 e.